The van der Waals surface area contributed by atoms with Gasteiger partial charge in [0.05, 0.1) is 11.5 Å². The molecule has 0 amide bonds. The second-order valence-corrected chi connectivity index (χ2v) is 6.91. The topological polar surface area (TPSA) is 63.6 Å². The van der Waals surface area contributed by atoms with Crippen molar-refractivity contribution < 1.29 is 17.7 Å². The first-order chi connectivity index (χ1) is 10.5. The number of benzene rings is 2. The summed E-state index contributed by atoms with van der Waals surface area (Å²) in [6.45, 7) is 1.72. The third-order valence-corrected chi connectivity index (χ3v) is 4.69. The first-order valence-corrected chi connectivity index (χ1v) is 8.53. The van der Waals surface area contributed by atoms with E-state index in [4.69, 9.17) is 4.18 Å². The summed E-state index contributed by atoms with van der Waals surface area (Å²) in [6, 6.07) is 16.1. The molecule has 4 nitrogen and oxygen atoms in total. The molecule has 0 aliphatic rings. The van der Waals surface area contributed by atoms with Crippen LogP contribution in [-0.2, 0) is 20.7 Å². The summed E-state index contributed by atoms with van der Waals surface area (Å²) in [5, 5.41) is 9.42. The highest BCUT2D eigenvalue weighted by Crippen LogP contribution is 2.16. The second kappa shape index (κ2) is 7.54. The van der Waals surface area contributed by atoms with Crippen LogP contribution >= 0.6 is 0 Å². The highest BCUT2D eigenvalue weighted by Gasteiger charge is 2.18. The fourth-order valence-corrected chi connectivity index (χ4v) is 3.06. The van der Waals surface area contributed by atoms with Gasteiger partial charge in [0.15, 0.2) is 0 Å². The number of aliphatic hydroxyl groups is 1. The summed E-state index contributed by atoms with van der Waals surface area (Å²) in [5.41, 5.74) is 2.02. The molecule has 1 atom stereocenters. The molecular weight excluding hydrogens is 300 g/mol. The van der Waals surface area contributed by atoms with Crippen LogP contribution in [0, 0.1) is 12.8 Å². The molecule has 2 rings (SSSR count). The molecule has 0 spiro atoms. The predicted octanol–water partition coefficient (Wildman–Crippen LogP) is 2.55. The predicted molar refractivity (Wildman–Crippen MR) is 85.0 cm³/mol. The van der Waals surface area contributed by atoms with E-state index in [1.54, 1.807) is 12.1 Å². The zero-order valence-corrected chi connectivity index (χ0v) is 13.3. The Morgan fingerprint density at radius 2 is 1.68 bits per heavy atom. The van der Waals surface area contributed by atoms with E-state index in [0.29, 0.717) is 6.42 Å². The van der Waals surface area contributed by atoms with Crippen molar-refractivity contribution in [2.75, 3.05) is 13.2 Å². The molecule has 0 radical (unpaired) electrons. The summed E-state index contributed by atoms with van der Waals surface area (Å²) in [7, 11) is -3.79. The molecule has 0 aromatic heterocycles. The first kappa shape index (κ1) is 16.7. The lowest BCUT2D eigenvalue weighted by molar-refractivity contribution is 0.166. The smallest absolute Gasteiger partial charge is 0.296 e. The monoisotopic (exact) mass is 320 g/mol. The Bertz CT molecular complexity index is 678. The molecule has 0 heterocycles. The van der Waals surface area contributed by atoms with Crippen LogP contribution in [0.2, 0.25) is 0 Å². The summed E-state index contributed by atoms with van der Waals surface area (Å²) < 4.78 is 29.3. The lowest BCUT2D eigenvalue weighted by Crippen LogP contribution is -2.19. The van der Waals surface area contributed by atoms with E-state index in [-0.39, 0.29) is 24.0 Å². The third-order valence-electron chi connectivity index (χ3n) is 3.39. The van der Waals surface area contributed by atoms with Gasteiger partial charge in [0, 0.05) is 12.5 Å². The number of hydrogen-bond acceptors (Lipinski definition) is 4. The van der Waals surface area contributed by atoms with E-state index >= 15 is 0 Å². The van der Waals surface area contributed by atoms with Gasteiger partial charge in [-0.15, -0.1) is 0 Å². The molecule has 0 unspecified atom stereocenters. The van der Waals surface area contributed by atoms with Gasteiger partial charge in [-0.25, -0.2) is 0 Å². The Morgan fingerprint density at radius 1 is 1.05 bits per heavy atom. The minimum Gasteiger partial charge on any atom is -0.396 e. The Hall–Kier alpha value is -1.69. The van der Waals surface area contributed by atoms with Gasteiger partial charge >= 0.3 is 0 Å². The van der Waals surface area contributed by atoms with Crippen molar-refractivity contribution in [1.29, 1.82) is 0 Å². The van der Waals surface area contributed by atoms with E-state index in [1.807, 2.05) is 37.3 Å². The number of hydrogen-bond donors (Lipinski definition) is 1. The van der Waals surface area contributed by atoms with Gasteiger partial charge in [0.2, 0.25) is 0 Å². The number of aryl methyl sites for hydroxylation is 1. The average molecular weight is 320 g/mol. The fourth-order valence-electron chi connectivity index (χ4n) is 2.08. The van der Waals surface area contributed by atoms with E-state index in [9.17, 15) is 13.5 Å². The Morgan fingerprint density at radius 3 is 2.27 bits per heavy atom. The molecular formula is C17H20O4S. The third kappa shape index (κ3) is 4.66. The highest BCUT2D eigenvalue weighted by molar-refractivity contribution is 7.86. The molecule has 2 aromatic carbocycles. The van der Waals surface area contributed by atoms with Crippen molar-refractivity contribution in [3.63, 3.8) is 0 Å². The first-order valence-electron chi connectivity index (χ1n) is 7.12. The van der Waals surface area contributed by atoms with Crippen LogP contribution < -0.4 is 0 Å². The molecule has 1 N–H and O–H groups in total. The van der Waals surface area contributed by atoms with Gasteiger partial charge in [-0.2, -0.15) is 8.42 Å². The molecule has 0 fully saturated rings. The minimum absolute atomic E-state index is 0.0401. The largest absolute Gasteiger partial charge is 0.396 e. The van der Waals surface area contributed by atoms with Crippen LogP contribution in [0.25, 0.3) is 0 Å². The summed E-state index contributed by atoms with van der Waals surface area (Å²) in [5.74, 6) is -0.261. The van der Waals surface area contributed by atoms with Crippen molar-refractivity contribution in [2.45, 2.75) is 18.2 Å². The van der Waals surface area contributed by atoms with Crippen LogP contribution in [0.3, 0.4) is 0 Å². The minimum atomic E-state index is -3.79. The fraction of sp³-hybridized carbons (Fsp3) is 0.294. The lowest BCUT2D eigenvalue weighted by Gasteiger charge is -2.14. The summed E-state index contributed by atoms with van der Waals surface area (Å²) in [4.78, 5) is 0.134. The van der Waals surface area contributed by atoms with Crippen LogP contribution in [0.4, 0.5) is 0 Å². The Labute approximate surface area is 131 Å². The molecule has 0 bridgehead atoms. The molecule has 0 saturated heterocycles. The quantitative estimate of drug-likeness (QED) is 0.796. The molecule has 22 heavy (non-hydrogen) atoms. The van der Waals surface area contributed by atoms with Gasteiger partial charge in [0.25, 0.3) is 10.1 Å². The highest BCUT2D eigenvalue weighted by atomic mass is 32.2. The molecule has 2 aromatic rings. The lowest BCUT2D eigenvalue weighted by atomic mass is 10.0. The maximum atomic E-state index is 12.1. The van der Waals surface area contributed by atoms with Crippen molar-refractivity contribution in [2.24, 2.45) is 5.92 Å². The maximum absolute atomic E-state index is 12.1. The van der Waals surface area contributed by atoms with Crippen LogP contribution in [0.15, 0.2) is 59.5 Å². The Balaban J connectivity index is 1.99. The van der Waals surface area contributed by atoms with E-state index in [1.165, 1.54) is 12.1 Å². The molecule has 5 heteroatoms. The van der Waals surface area contributed by atoms with Gasteiger partial charge in [-0.1, -0.05) is 48.0 Å². The maximum Gasteiger partial charge on any atom is 0.296 e. The summed E-state index contributed by atoms with van der Waals surface area (Å²) >= 11 is 0. The van der Waals surface area contributed by atoms with E-state index < -0.39 is 10.1 Å². The molecule has 0 saturated carbocycles. The second-order valence-electron chi connectivity index (χ2n) is 5.29. The molecule has 0 aliphatic carbocycles. The number of aliphatic hydroxyl groups excluding tert-OH is 1. The standard InChI is InChI=1S/C17H20O4S/c1-14-7-9-17(10-8-14)22(19,20)21-13-16(12-18)11-15-5-3-2-4-6-15/h2-10,16,18H,11-13H2,1H3/t16-/m0/s1. The van der Waals surface area contributed by atoms with Crippen molar-refractivity contribution >= 4 is 10.1 Å². The van der Waals surface area contributed by atoms with Gasteiger partial charge < -0.3 is 5.11 Å². The zero-order chi connectivity index (χ0) is 16.0. The SMILES string of the molecule is Cc1ccc(S(=O)(=O)OC[C@H](CO)Cc2ccccc2)cc1. The normalized spacial score (nSPS) is 13.0. The number of rotatable bonds is 7. The average Bonchev–Trinajstić information content (AvgIpc) is 2.53. The Kier molecular flexibility index (Phi) is 5.71. The van der Waals surface area contributed by atoms with E-state index in [0.717, 1.165) is 11.1 Å². The van der Waals surface area contributed by atoms with E-state index in [2.05, 4.69) is 0 Å². The van der Waals surface area contributed by atoms with Crippen LogP contribution in [0.5, 0.6) is 0 Å². The van der Waals surface area contributed by atoms with Crippen molar-refractivity contribution in [3.8, 4) is 0 Å². The zero-order valence-electron chi connectivity index (χ0n) is 12.5. The van der Waals surface area contributed by atoms with Crippen LogP contribution in [0.1, 0.15) is 11.1 Å². The van der Waals surface area contributed by atoms with Gasteiger partial charge in [0.1, 0.15) is 0 Å². The summed E-state index contributed by atoms with van der Waals surface area (Å²) in [6.07, 6.45) is 0.570. The van der Waals surface area contributed by atoms with Gasteiger partial charge in [-0.3, -0.25) is 4.18 Å². The molecule has 0 aliphatic heterocycles. The van der Waals surface area contributed by atoms with Crippen LogP contribution in [-0.4, -0.2) is 26.7 Å². The molecule has 118 valence electrons. The van der Waals surface area contributed by atoms with Crippen molar-refractivity contribution in [1.82, 2.24) is 0 Å². The van der Waals surface area contributed by atoms with Gasteiger partial charge in [-0.05, 0) is 31.0 Å². The van der Waals surface area contributed by atoms with Crippen molar-refractivity contribution in [3.05, 3.63) is 65.7 Å².